The number of carbonyl (C=O) groups is 2. The van der Waals surface area contributed by atoms with Crippen molar-refractivity contribution in [1.29, 1.82) is 0 Å². The molecule has 0 aliphatic rings. The third-order valence-electron chi connectivity index (χ3n) is 2.44. The number of anilines is 1. The molecule has 0 heterocycles. The van der Waals surface area contributed by atoms with Crippen LogP contribution in [-0.4, -0.2) is 36.9 Å². The maximum Gasteiger partial charge on any atom is 0.336 e. The molecule has 116 valence electrons. The number of nitrogens with one attached hydrogen (secondary N) is 2. The zero-order valence-corrected chi connectivity index (χ0v) is 13.6. The Kier molecular flexibility index (Phi) is 7.18. The predicted octanol–water partition coefficient (Wildman–Crippen LogP) is 2.94. The topological polar surface area (TPSA) is 87.7 Å². The number of ether oxygens (including phenoxy) is 1. The molecule has 0 saturated carbocycles. The first kappa shape index (κ1) is 17.5. The fourth-order valence-corrected chi connectivity index (χ4v) is 1.91. The molecule has 0 aliphatic heterocycles. The lowest BCUT2D eigenvalue weighted by atomic mass is 10.2. The summed E-state index contributed by atoms with van der Waals surface area (Å²) >= 11 is 3.14. The summed E-state index contributed by atoms with van der Waals surface area (Å²) < 4.78 is 5.80. The third kappa shape index (κ3) is 6.59. The molecule has 7 heteroatoms. The molecule has 0 unspecified atom stereocenters. The normalized spacial score (nSPS) is 10.5. The van der Waals surface area contributed by atoms with Crippen molar-refractivity contribution < 1.29 is 19.4 Å². The van der Waals surface area contributed by atoms with Gasteiger partial charge in [-0.1, -0.05) is 13.8 Å². The molecule has 0 aromatic heterocycles. The molecule has 0 saturated heterocycles. The van der Waals surface area contributed by atoms with Crippen LogP contribution in [0.3, 0.4) is 0 Å². The minimum Gasteiger partial charge on any atom is -0.478 e. The Morgan fingerprint density at radius 1 is 1.38 bits per heavy atom. The number of aromatic carboxylic acids is 1. The van der Waals surface area contributed by atoms with Crippen LogP contribution in [0.15, 0.2) is 22.7 Å². The van der Waals surface area contributed by atoms with Crippen molar-refractivity contribution in [2.24, 2.45) is 5.92 Å². The third-order valence-corrected chi connectivity index (χ3v) is 3.13. The molecule has 0 fully saturated rings. The Bertz CT molecular complexity index is 506. The molecular formula is C14H19BrN2O4. The SMILES string of the molecule is CC(C)COCCNC(=O)Nc1ccc(Br)c(C(=O)O)c1. The molecule has 1 aromatic carbocycles. The summed E-state index contributed by atoms with van der Waals surface area (Å²) in [5, 5.41) is 14.2. The number of carboxylic acids is 1. The van der Waals surface area contributed by atoms with Crippen molar-refractivity contribution in [3.63, 3.8) is 0 Å². The van der Waals surface area contributed by atoms with Crippen molar-refractivity contribution in [2.75, 3.05) is 25.1 Å². The van der Waals surface area contributed by atoms with Gasteiger partial charge in [-0.3, -0.25) is 0 Å². The van der Waals surface area contributed by atoms with E-state index >= 15 is 0 Å². The highest BCUT2D eigenvalue weighted by atomic mass is 79.9. The Hall–Kier alpha value is -1.60. The van der Waals surface area contributed by atoms with E-state index in [4.69, 9.17) is 9.84 Å². The van der Waals surface area contributed by atoms with Crippen molar-refractivity contribution in [2.45, 2.75) is 13.8 Å². The zero-order valence-electron chi connectivity index (χ0n) is 12.0. The highest BCUT2D eigenvalue weighted by molar-refractivity contribution is 9.10. The van der Waals surface area contributed by atoms with Crippen molar-refractivity contribution in [3.8, 4) is 0 Å². The number of amides is 2. The van der Waals surface area contributed by atoms with Gasteiger partial charge in [0.15, 0.2) is 0 Å². The summed E-state index contributed by atoms with van der Waals surface area (Å²) in [6.07, 6.45) is 0. The lowest BCUT2D eigenvalue weighted by Crippen LogP contribution is -2.31. The number of benzene rings is 1. The average Bonchev–Trinajstić information content (AvgIpc) is 2.40. The van der Waals surface area contributed by atoms with Gasteiger partial charge in [0.1, 0.15) is 0 Å². The molecule has 0 atom stereocenters. The summed E-state index contributed by atoms with van der Waals surface area (Å²) in [6.45, 7) is 5.58. The van der Waals surface area contributed by atoms with Crippen molar-refractivity contribution in [1.82, 2.24) is 5.32 Å². The molecular weight excluding hydrogens is 340 g/mol. The highest BCUT2D eigenvalue weighted by Gasteiger charge is 2.10. The number of hydrogen-bond acceptors (Lipinski definition) is 3. The fourth-order valence-electron chi connectivity index (χ4n) is 1.50. The Morgan fingerprint density at radius 3 is 2.71 bits per heavy atom. The molecule has 0 spiro atoms. The van der Waals surface area contributed by atoms with Crippen molar-refractivity contribution in [3.05, 3.63) is 28.2 Å². The van der Waals surface area contributed by atoms with Gasteiger partial charge in [0.2, 0.25) is 0 Å². The monoisotopic (exact) mass is 358 g/mol. The maximum absolute atomic E-state index is 11.6. The van der Waals surface area contributed by atoms with Crippen molar-refractivity contribution >= 4 is 33.6 Å². The number of halogens is 1. The Labute approximate surface area is 132 Å². The lowest BCUT2D eigenvalue weighted by Gasteiger charge is -2.10. The fraction of sp³-hybridized carbons (Fsp3) is 0.429. The van der Waals surface area contributed by atoms with Crippen LogP contribution in [0.5, 0.6) is 0 Å². The minimum absolute atomic E-state index is 0.0908. The summed E-state index contributed by atoms with van der Waals surface area (Å²) in [6, 6.07) is 4.18. The standard InChI is InChI=1S/C14H19BrN2O4/c1-9(2)8-21-6-5-16-14(20)17-10-3-4-12(15)11(7-10)13(18)19/h3-4,7,9H,5-6,8H2,1-2H3,(H,18,19)(H2,16,17,20). The Balaban J connectivity index is 2.41. The van der Waals surface area contributed by atoms with Gasteiger partial charge in [0.05, 0.1) is 12.2 Å². The van der Waals surface area contributed by atoms with Crippen LogP contribution in [0.25, 0.3) is 0 Å². The first-order valence-electron chi connectivity index (χ1n) is 6.55. The average molecular weight is 359 g/mol. The van der Waals surface area contributed by atoms with E-state index in [2.05, 4.69) is 26.6 Å². The molecule has 21 heavy (non-hydrogen) atoms. The van der Waals surface area contributed by atoms with Gasteiger partial charge >= 0.3 is 12.0 Å². The number of urea groups is 1. The van der Waals surface area contributed by atoms with Crippen LogP contribution in [0.4, 0.5) is 10.5 Å². The van der Waals surface area contributed by atoms with Gasteiger partial charge < -0.3 is 20.5 Å². The second-order valence-corrected chi connectivity index (χ2v) is 5.70. The molecule has 6 nitrogen and oxygen atoms in total. The second-order valence-electron chi connectivity index (χ2n) is 4.85. The lowest BCUT2D eigenvalue weighted by molar-refractivity contribution is 0.0696. The number of carbonyl (C=O) groups excluding carboxylic acids is 1. The minimum atomic E-state index is -1.06. The summed E-state index contributed by atoms with van der Waals surface area (Å²) in [5.74, 6) is -0.607. The largest absolute Gasteiger partial charge is 0.478 e. The van der Waals surface area contributed by atoms with Crippen LogP contribution >= 0.6 is 15.9 Å². The number of rotatable bonds is 7. The first-order valence-corrected chi connectivity index (χ1v) is 7.35. The molecule has 0 aliphatic carbocycles. The van der Waals surface area contributed by atoms with Crippen LogP contribution in [0.1, 0.15) is 24.2 Å². The van der Waals surface area contributed by atoms with E-state index < -0.39 is 12.0 Å². The van der Waals surface area contributed by atoms with E-state index in [0.717, 1.165) is 0 Å². The van der Waals surface area contributed by atoms with Gasteiger partial charge in [-0.05, 0) is 40.0 Å². The van der Waals surface area contributed by atoms with Gasteiger partial charge in [-0.15, -0.1) is 0 Å². The van der Waals surface area contributed by atoms with E-state index in [-0.39, 0.29) is 5.56 Å². The number of hydrogen-bond donors (Lipinski definition) is 3. The molecule has 0 radical (unpaired) electrons. The Morgan fingerprint density at radius 2 is 2.10 bits per heavy atom. The quantitative estimate of drug-likeness (QED) is 0.654. The highest BCUT2D eigenvalue weighted by Crippen LogP contribution is 2.21. The van der Waals surface area contributed by atoms with E-state index in [1.807, 2.05) is 13.8 Å². The molecule has 0 bridgehead atoms. The summed E-state index contributed by atoms with van der Waals surface area (Å²) in [5.41, 5.74) is 0.504. The van der Waals surface area contributed by atoms with E-state index in [1.165, 1.54) is 6.07 Å². The van der Waals surface area contributed by atoms with Crippen LogP contribution in [0, 0.1) is 5.92 Å². The maximum atomic E-state index is 11.6. The van der Waals surface area contributed by atoms with Crippen LogP contribution in [-0.2, 0) is 4.74 Å². The molecule has 2 amide bonds. The predicted molar refractivity (Wildman–Crippen MR) is 83.8 cm³/mol. The van der Waals surface area contributed by atoms with E-state index in [1.54, 1.807) is 12.1 Å². The second kappa shape index (κ2) is 8.63. The van der Waals surface area contributed by atoms with Crippen LogP contribution < -0.4 is 10.6 Å². The van der Waals surface area contributed by atoms with E-state index in [9.17, 15) is 9.59 Å². The van der Waals surface area contributed by atoms with Gasteiger partial charge in [0.25, 0.3) is 0 Å². The molecule has 1 aromatic rings. The van der Waals surface area contributed by atoms with Gasteiger partial charge in [0, 0.05) is 23.3 Å². The summed E-state index contributed by atoms with van der Waals surface area (Å²) in [7, 11) is 0. The van der Waals surface area contributed by atoms with Gasteiger partial charge in [-0.25, -0.2) is 9.59 Å². The molecule has 3 N–H and O–H groups in total. The zero-order chi connectivity index (χ0) is 15.8. The smallest absolute Gasteiger partial charge is 0.336 e. The van der Waals surface area contributed by atoms with Gasteiger partial charge in [-0.2, -0.15) is 0 Å². The first-order chi connectivity index (χ1) is 9.90. The van der Waals surface area contributed by atoms with Crippen LogP contribution in [0.2, 0.25) is 0 Å². The molecule has 1 rings (SSSR count). The summed E-state index contributed by atoms with van der Waals surface area (Å²) in [4.78, 5) is 22.6. The number of carboxylic acid groups (broad SMARTS) is 1. The van der Waals surface area contributed by atoms with E-state index in [0.29, 0.717) is 35.8 Å².